The van der Waals surface area contributed by atoms with Crippen molar-refractivity contribution in [2.45, 2.75) is 6.92 Å². The quantitative estimate of drug-likeness (QED) is 0.220. The molecular weight excluding hydrogens is 391 g/mol. The minimum Gasteiger partial charge on any atom is -0.418 e. The number of nitrogens with zero attached hydrogens (tertiary/aromatic N) is 2. The monoisotopic (exact) mass is 410 g/mol. The van der Waals surface area contributed by atoms with Crippen LogP contribution in [0.5, 0.6) is 0 Å². The summed E-state index contributed by atoms with van der Waals surface area (Å²) in [7, 11) is -6.00. The van der Waals surface area contributed by atoms with Gasteiger partial charge in [0, 0.05) is 11.6 Å². The molecule has 2 aromatic heterocycles. The van der Waals surface area contributed by atoms with Crippen molar-refractivity contribution in [3.63, 3.8) is 0 Å². The fraction of sp³-hybridized carbons (Fsp3) is 0.0435. The van der Waals surface area contributed by atoms with Crippen LogP contribution in [-0.4, -0.2) is 12.2 Å². The predicted octanol–water partition coefficient (Wildman–Crippen LogP) is 6.30. The fourth-order valence-corrected chi connectivity index (χ4v) is 2.99. The molecular formula is C23H19BF4N2. The van der Waals surface area contributed by atoms with E-state index in [9.17, 15) is 17.3 Å². The van der Waals surface area contributed by atoms with E-state index in [1.807, 2.05) is 24.4 Å². The van der Waals surface area contributed by atoms with Gasteiger partial charge in [0.2, 0.25) is 0 Å². The molecule has 0 atom stereocenters. The first-order valence-corrected chi connectivity index (χ1v) is 9.28. The normalized spacial score (nSPS) is 10.8. The average molecular weight is 410 g/mol. The summed E-state index contributed by atoms with van der Waals surface area (Å²) in [5.74, 6) is 0.929. The number of rotatable bonds is 3. The Morgan fingerprint density at radius 3 is 1.83 bits per heavy atom. The van der Waals surface area contributed by atoms with Crippen molar-refractivity contribution >= 4 is 7.25 Å². The number of aryl methyl sites for hydroxylation is 1. The molecule has 0 aliphatic carbocycles. The van der Waals surface area contributed by atoms with E-state index < -0.39 is 7.25 Å². The van der Waals surface area contributed by atoms with Crippen molar-refractivity contribution in [1.29, 1.82) is 0 Å². The number of halogens is 4. The van der Waals surface area contributed by atoms with E-state index in [2.05, 4.69) is 89.4 Å². The first-order chi connectivity index (χ1) is 14.3. The molecule has 152 valence electrons. The van der Waals surface area contributed by atoms with Crippen LogP contribution in [0.1, 0.15) is 5.56 Å². The molecule has 0 N–H and O–H groups in total. The summed E-state index contributed by atoms with van der Waals surface area (Å²) in [6, 6.07) is 29.4. The highest BCUT2D eigenvalue weighted by Gasteiger charge is 2.20. The van der Waals surface area contributed by atoms with Crippen LogP contribution in [0, 0.1) is 6.92 Å². The van der Waals surface area contributed by atoms with Gasteiger partial charge in [0.15, 0.2) is 0 Å². The molecule has 0 aliphatic heterocycles. The second kappa shape index (κ2) is 9.35. The second-order valence-electron chi connectivity index (χ2n) is 6.59. The zero-order valence-corrected chi connectivity index (χ0v) is 16.2. The summed E-state index contributed by atoms with van der Waals surface area (Å²) >= 11 is 0. The van der Waals surface area contributed by atoms with E-state index in [-0.39, 0.29) is 0 Å². The molecule has 7 heteroatoms. The summed E-state index contributed by atoms with van der Waals surface area (Å²) < 4.78 is 41.1. The Balaban J connectivity index is 0.000000461. The van der Waals surface area contributed by atoms with Crippen molar-refractivity contribution in [1.82, 2.24) is 4.98 Å². The number of hydrogen-bond acceptors (Lipinski definition) is 1. The van der Waals surface area contributed by atoms with Crippen molar-refractivity contribution in [2.75, 3.05) is 0 Å². The van der Waals surface area contributed by atoms with E-state index in [0.29, 0.717) is 0 Å². The van der Waals surface area contributed by atoms with E-state index in [4.69, 9.17) is 0 Å². The van der Waals surface area contributed by atoms with Gasteiger partial charge in [-0.05, 0) is 46.8 Å². The third-order valence-electron chi connectivity index (χ3n) is 4.28. The van der Waals surface area contributed by atoms with E-state index in [1.54, 1.807) is 0 Å². The lowest BCUT2D eigenvalue weighted by molar-refractivity contribution is -0.587. The standard InChI is InChI=1S/C23H19N2.BF4/c1-18-12-14-24-23(16-18)25-15-13-21(19-8-4-2-5-9-19)17-22(25)20-10-6-3-7-11-20;2-1(3,4)5/h2-17H,1H3;/q+1;-1. The maximum atomic E-state index is 9.75. The highest BCUT2D eigenvalue weighted by molar-refractivity contribution is 6.50. The first kappa shape index (κ1) is 21.2. The Kier molecular flexibility index (Phi) is 6.62. The summed E-state index contributed by atoms with van der Waals surface area (Å²) in [6.07, 6.45) is 3.96. The average Bonchev–Trinajstić information content (AvgIpc) is 2.73. The van der Waals surface area contributed by atoms with Crippen LogP contribution in [0.25, 0.3) is 28.2 Å². The molecule has 0 fully saturated rings. The Morgan fingerprint density at radius 1 is 0.700 bits per heavy atom. The van der Waals surface area contributed by atoms with Gasteiger partial charge in [-0.15, -0.1) is 0 Å². The van der Waals surface area contributed by atoms with Gasteiger partial charge >= 0.3 is 13.1 Å². The zero-order valence-electron chi connectivity index (χ0n) is 16.2. The maximum absolute atomic E-state index is 9.75. The number of hydrogen-bond donors (Lipinski definition) is 0. The molecule has 30 heavy (non-hydrogen) atoms. The molecule has 2 aromatic carbocycles. The molecule has 4 aromatic rings. The minimum atomic E-state index is -6.00. The molecule has 0 saturated heterocycles. The Bertz CT molecular complexity index is 1090. The lowest BCUT2D eigenvalue weighted by Crippen LogP contribution is -2.34. The minimum absolute atomic E-state index is 0.929. The van der Waals surface area contributed by atoms with E-state index in [1.165, 1.54) is 22.3 Å². The van der Waals surface area contributed by atoms with Crippen molar-refractivity contribution in [3.8, 4) is 28.2 Å². The Hall–Kier alpha value is -3.48. The van der Waals surface area contributed by atoms with Crippen LogP contribution >= 0.6 is 0 Å². The van der Waals surface area contributed by atoms with Crippen LogP contribution < -0.4 is 4.57 Å². The highest BCUT2D eigenvalue weighted by Crippen LogP contribution is 2.24. The lowest BCUT2D eigenvalue weighted by atomic mass is 10.0. The Labute approximate surface area is 172 Å². The SMILES string of the molecule is Cc1ccnc(-[n+]2ccc(-c3ccccc3)cc2-c2ccccc2)c1.F[B-](F)(F)F. The Morgan fingerprint density at radius 2 is 1.27 bits per heavy atom. The molecule has 0 amide bonds. The first-order valence-electron chi connectivity index (χ1n) is 9.28. The molecule has 0 radical (unpaired) electrons. The van der Waals surface area contributed by atoms with Crippen LogP contribution in [-0.2, 0) is 0 Å². The second-order valence-corrected chi connectivity index (χ2v) is 6.59. The van der Waals surface area contributed by atoms with Gasteiger partial charge in [-0.1, -0.05) is 60.7 Å². The van der Waals surface area contributed by atoms with Gasteiger partial charge < -0.3 is 17.3 Å². The molecule has 2 heterocycles. The zero-order chi connectivity index (χ0) is 21.6. The molecule has 2 nitrogen and oxygen atoms in total. The van der Waals surface area contributed by atoms with Crippen LogP contribution in [0.3, 0.4) is 0 Å². The smallest absolute Gasteiger partial charge is 0.418 e. The van der Waals surface area contributed by atoms with Gasteiger partial charge in [-0.2, -0.15) is 4.57 Å². The molecule has 4 rings (SSSR count). The van der Waals surface area contributed by atoms with Gasteiger partial charge in [0.25, 0.3) is 0 Å². The van der Waals surface area contributed by atoms with Crippen LogP contribution in [0.2, 0.25) is 0 Å². The predicted molar refractivity (Wildman–Crippen MR) is 112 cm³/mol. The van der Waals surface area contributed by atoms with E-state index >= 15 is 0 Å². The van der Waals surface area contributed by atoms with Gasteiger partial charge in [0.1, 0.15) is 11.9 Å². The number of benzene rings is 2. The molecule has 0 unspecified atom stereocenters. The van der Waals surface area contributed by atoms with Gasteiger partial charge in [-0.25, -0.2) is 0 Å². The van der Waals surface area contributed by atoms with Crippen molar-refractivity contribution in [3.05, 3.63) is 103 Å². The van der Waals surface area contributed by atoms with E-state index in [0.717, 1.165) is 11.5 Å². The largest absolute Gasteiger partial charge is 0.673 e. The highest BCUT2D eigenvalue weighted by atomic mass is 19.5. The third kappa shape index (κ3) is 6.01. The summed E-state index contributed by atoms with van der Waals surface area (Å²) in [6.45, 7) is 2.09. The van der Waals surface area contributed by atoms with Crippen LogP contribution in [0.4, 0.5) is 17.3 Å². The number of aromatic nitrogens is 2. The van der Waals surface area contributed by atoms with Crippen molar-refractivity contribution < 1.29 is 21.8 Å². The number of pyridine rings is 2. The fourth-order valence-electron chi connectivity index (χ4n) is 2.99. The third-order valence-corrected chi connectivity index (χ3v) is 4.28. The summed E-state index contributed by atoms with van der Waals surface area (Å²) in [5.41, 5.74) is 5.90. The topological polar surface area (TPSA) is 16.8 Å². The van der Waals surface area contributed by atoms with Crippen LogP contribution in [0.15, 0.2) is 97.3 Å². The summed E-state index contributed by atoms with van der Waals surface area (Å²) in [4.78, 5) is 4.56. The molecule has 0 saturated carbocycles. The van der Waals surface area contributed by atoms with Gasteiger partial charge in [-0.3, -0.25) is 0 Å². The van der Waals surface area contributed by atoms with Crippen molar-refractivity contribution in [2.24, 2.45) is 0 Å². The lowest BCUT2D eigenvalue weighted by Gasteiger charge is -2.09. The van der Waals surface area contributed by atoms with Gasteiger partial charge in [0.05, 0.1) is 6.20 Å². The molecule has 0 spiro atoms. The maximum Gasteiger partial charge on any atom is 0.673 e. The summed E-state index contributed by atoms with van der Waals surface area (Å²) in [5, 5.41) is 0. The molecule has 0 aliphatic rings. The molecule has 0 bridgehead atoms.